The van der Waals surface area contributed by atoms with Gasteiger partial charge in [0.15, 0.2) is 6.10 Å². The first-order chi connectivity index (χ1) is 19.5. The van der Waals surface area contributed by atoms with E-state index in [9.17, 15) is 34.5 Å². The van der Waals surface area contributed by atoms with Crippen LogP contribution in [0.1, 0.15) is 68.2 Å². The Morgan fingerprint density at radius 3 is 2.24 bits per heavy atom. The number of aliphatic hydroxyl groups is 3. The maximum Gasteiger partial charge on any atom is 0.337 e. The van der Waals surface area contributed by atoms with Crippen LogP contribution in [0.4, 0.5) is 0 Å². The van der Waals surface area contributed by atoms with Crippen molar-refractivity contribution in [1.82, 2.24) is 0 Å². The summed E-state index contributed by atoms with van der Waals surface area (Å²) in [6.45, 7) is 13.0. The lowest BCUT2D eigenvalue weighted by molar-refractivity contribution is -0.168. The molecule has 0 amide bonds. The molecule has 0 aliphatic carbocycles. The number of ketones is 3. The Bertz CT molecular complexity index is 1050. The minimum Gasteiger partial charge on any atom is -0.463 e. The summed E-state index contributed by atoms with van der Waals surface area (Å²) in [5, 5.41) is 33.1. The molecule has 1 saturated heterocycles. The van der Waals surface area contributed by atoms with E-state index in [1.165, 1.54) is 21.0 Å². The number of methoxy groups -OCH3 is 1. The number of hydrogen-bond acceptors (Lipinski definition) is 10. The van der Waals surface area contributed by atoms with Crippen LogP contribution in [0.3, 0.4) is 0 Å². The van der Waals surface area contributed by atoms with Crippen LogP contribution in [0, 0.1) is 35.5 Å². The molecule has 0 saturated carbocycles. The largest absolute Gasteiger partial charge is 0.463 e. The van der Waals surface area contributed by atoms with Gasteiger partial charge in [0.1, 0.15) is 35.7 Å². The zero-order chi connectivity index (χ0) is 32.1. The van der Waals surface area contributed by atoms with Gasteiger partial charge in [0.2, 0.25) is 0 Å². The second-order valence-electron chi connectivity index (χ2n) is 12.4. The van der Waals surface area contributed by atoms with Crippen LogP contribution in [0.15, 0.2) is 23.8 Å². The van der Waals surface area contributed by atoms with E-state index >= 15 is 0 Å². The van der Waals surface area contributed by atoms with Gasteiger partial charge >= 0.3 is 5.97 Å². The number of carbonyl (C=O) groups is 4. The van der Waals surface area contributed by atoms with Gasteiger partial charge < -0.3 is 29.5 Å². The van der Waals surface area contributed by atoms with Gasteiger partial charge in [0, 0.05) is 43.1 Å². The van der Waals surface area contributed by atoms with Crippen molar-refractivity contribution in [1.29, 1.82) is 0 Å². The number of rotatable bonds is 5. The Labute approximate surface area is 249 Å². The normalized spacial score (nSPS) is 41.0. The Morgan fingerprint density at radius 2 is 1.67 bits per heavy atom. The van der Waals surface area contributed by atoms with Gasteiger partial charge in [-0.25, -0.2) is 4.79 Å². The first-order valence-electron chi connectivity index (χ1n) is 14.9. The van der Waals surface area contributed by atoms with Crippen LogP contribution in [0.5, 0.6) is 0 Å². The van der Waals surface area contributed by atoms with Gasteiger partial charge in [0.25, 0.3) is 0 Å². The number of epoxide rings is 1. The molecule has 42 heavy (non-hydrogen) atoms. The SMILES string of the molecule is C/C=C\[C@H](C)[C@H]1OC1(C)[C@@H](O)[C@H]1COC(=O)[C@H](O)[C@@H](OC)[C@H](C)C(=O)[C@H](C)[C@@H](O)/C(C)=C/[C@H](C)C(=O)CC[C@@H](C)C1=O. The second-order valence-corrected chi connectivity index (χ2v) is 12.4. The molecule has 0 aromatic heterocycles. The summed E-state index contributed by atoms with van der Waals surface area (Å²) in [4.78, 5) is 52.8. The van der Waals surface area contributed by atoms with Crippen molar-refractivity contribution in [2.24, 2.45) is 35.5 Å². The third-order valence-electron chi connectivity index (χ3n) is 9.09. The molecule has 0 aromatic carbocycles. The highest BCUT2D eigenvalue weighted by molar-refractivity contribution is 5.88. The number of Topliss-reactive ketones (excluding diaryl/α,β-unsaturated/α-hetero) is 3. The Balaban J connectivity index is 2.45. The van der Waals surface area contributed by atoms with Crippen molar-refractivity contribution in [2.45, 2.75) is 104 Å². The van der Waals surface area contributed by atoms with E-state index in [1.54, 1.807) is 33.8 Å². The van der Waals surface area contributed by atoms with Crippen LogP contribution in [-0.4, -0.2) is 88.5 Å². The van der Waals surface area contributed by atoms with Crippen molar-refractivity contribution in [2.75, 3.05) is 13.7 Å². The molecule has 3 N–H and O–H groups in total. The molecule has 10 nitrogen and oxygen atoms in total. The fourth-order valence-corrected chi connectivity index (χ4v) is 6.04. The molecule has 1 fully saturated rings. The number of ether oxygens (including phenoxy) is 3. The lowest BCUT2D eigenvalue weighted by Gasteiger charge is -2.30. The first kappa shape index (κ1) is 36.0. The molecule has 0 spiro atoms. The topological polar surface area (TPSA) is 160 Å². The second kappa shape index (κ2) is 15.0. The summed E-state index contributed by atoms with van der Waals surface area (Å²) < 4.78 is 16.6. The predicted octanol–water partition coefficient (Wildman–Crippen LogP) is 2.60. The fraction of sp³-hybridized carbons (Fsp3) is 0.750. The summed E-state index contributed by atoms with van der Waals surface area (Å²) in [7, 11) is 1.24. The van der Waals surface area contributed by atoms with E-state index in [1.807, 2.05) is 26.0 Å². The average molecular weight is 595 g/mol. The molecule has 1 unspecified atom stereocenters. The van der Waals surface area contributed by atoms with Crippen molar-refractivity contribution < 1.29 is 48.7 Å². The summed E-state index contributed by atoms with van der Waals surface area (Å²) >= 11 is 0. The maximum atomic E-state index is 13.7. The number of aliphatic hydroxyl groups excluding tert-OH is 3. The Morgan fingerprint density at radius 1 is 1.05 bits per heavy atom. The van der Waals surface area contributed by atoms with E-state index < -0.39 is 83.7 Å². The van der Waals surface area contributed by atoms with E-state index in [2.05, 4.69) is 0 Å². The third kappa shape index (κ3) is 8.02. The fourth-order valence-electron chi connectivity index (χ4n) is 6.04. The quantitative estimate of drug-likeness (QED) is 0.245. The van der Waals surface area contributed by atoms with Crippen LogP contribution < -0.4 is 0 Å². The molecular formula is C32H50O10. The van der Waals surface area contributed by atoms with E-state index in [4.69, 9.17) is 14.2 Å². The Kier molecular flexibility index (Phi) is 12.8. The highest BCUT2D eigenvalue weighted by Crippen LogP contribution is 2.47. The molecule has 2 aliphatic rings. The van der Waals surface area contributed by atoms with Gasteiger partial charge in [-0.2, -0.15) is 0 Å². The number of carbonyl (C=O) groups excluding carboxylic acids is 4. The highest BCUT2D eigenvalue weighted by atomic mass is 16.6. The van der Waals surface area contributed by atoms with E-state index in [-0.39, 0.29) is 30.6 Å². The van der Waals surface area contributed by atoms with Crippen molar-refractivity contribution in [3.8, 4) is 0 Å². The molecule has 238 valence electrons. The van der Waals surface area contributed by atoms with Crippen LogP contribution in [-0.2, 0) is 33.4 Å². The van der Waals surface area contributed by atoms with Crippen LogP contribution in [0.25, 0.3) is 0 Å². The molecule has 10 heteroatoms. The zero-order valence-corrected chi connectivity index (χ0v) is 26.4. The zero-order valence-electron chi connectivity index (χ0n) is 26.4. The number of esters is 1. The van der Waals surface area contributed by atoms with E-state index in [0.29, 0.717) is 5.57 Å². The third-order valence-corrected chi connectivity index (χ3v) is 9.09. The molecule has 2 heterocycles. The predicted molar refractivity (Wildman–Crippen MR) is 155 cm³/mol. The lowest BCUT2D eigenvalue weighted by Crippen LogP contribution is -2.48. The molecule has 0 radical (unpaired) electrons. The minimum atomic E-state index is -1.87. The van der Waals surface area contributed by atoms with Crippen molar-refractivity contribution in [3.05, 3.63) is 23.8 Å². The number of allylic oxidation sites excluding steroid dienone is 2. The first-order valence-corrected chi connectivity index (χ1v) is 14.9. The van der Waals surface area contributed by atoms with E-state index in [0.717, 1.165) is 0 Å². The van der Waals surface area contributed by atoms with Gasteiger partial charge in [-0.05, 0) is 32.8 Å². The van der Waals surface area contributed by atoms with Crippen molar-refractivity contribution >= 4 is 23.3 Å². The summed E-state index contributed by atoms with van der Waals surface area (Å²) in [5.41, 5.74) is -0.633. The average Bonchev–Trinajstić information content (AvgIpc) is 3.66. The smallest absolute Gasteiger partial charge is 0.337 e. The molecule has 12 atom stereocenters. The summed E-state index contributed by atoms with van der Waals surface area (Å²) in [6, 6.07) is 0. The van der Waals surface area contributed by atoms with Crippen LogP contribution >= 0.6 is 0 Å². The highest BCUT2D eigenvalue weighted by Gasteiger charge is 2.62. The van der Waals surface area contributed by atoms with Crippen LogP contribution in [0.2, 0.25) is 0 Å². The van der Waals surface area contributed by atoms with Crippen molar-refractivity contribution in [3.63, 3.8) is 0 Å². The molecule has 0 bridgehead atoms. The molecule has 2 aliphatic heterocycles. The van der Waals surface area contributed by atoms with Gasteiger partial charge in [0.05, 0.1) is 24.2 Å². The summed E-state index contributed by atoms with van der Waals surface area (Å²) in [5.74, 6) is -6.48. The Hall–Kier alpha value is -2.24. The minimum absolute atomic E-state index is 0.0382. The summed E-state index contributed by atoms with van der Waals surface area (Å²) in [6.07, 6.45) is -0.351. The molecular weight excluding hydrogens is 544 g/mol. The lowest BCUT2D eigenvalue weighted by atomic mass is 9.79. The number of hydrogen-bond donors (Lipinski definition) is 3. The molecule has 0 aromatic rings. The monoisotopic (exact) mass is 594 g/mol. The number of cyclic esters (lactones) is 1. The van der Waals surface area contributed by atoms with Gasteiger partial charge in [-0.1, -0.05) is 52.8 Å². The van der Waals surface area contributed by atoms with Gasteiger partial charge in [-0.15, -0.1) is 0 Å². The van der Waals surface area contributed by atoms with Gasteiger partial charge in [-0.3, -0.25) is 14.4 Å². The maximum absolute atomic E-state index is 13.7. The standard InChI is InChI=1S/C32H50O10/c1-10-11-17(3)30-32(8,42-30)29(38)22-15-41-31(39)27(37)28(40-9)21(7)26(36)20(6)24(34)19(5)14-18(4)23(33)13-12-16(2)25(22)35/h10-11,14,16-18,20-22,24,27-30,34,37-38H,12-13,15H2,1-9H3/b11-10-,19-14+/t16-,17+,18+,20-,21-,22+,24+,27-,28+,29+,30-,32?/m1/s1. The molecule has 2 rings (SSSR count).